The van der Waals surface area contributed by atoms with Crippen molar-refractivity contribution in [1.82, 2.24) is 0 Å². The number of aryl methyl sites for hydroxylation is 1. The zero-order chi connectivity index (χ0) is 27.6. The number of methoxy groups -OCH3 is 1. The first-order valence-electron chi connectivity index (χ1n) is 12.1. The van der Waals surface area contributed by atoms with Gasteiger partial charge in [-0.15, -0.1) is 11.3 Å². The number of benzene rings is 4. The van der Waals surface area contributed by atoms with Crippen LogP contribution in [0.15, 0.2) is 102 Å². The molecule has 1 aromatic heterocycles. The minimum absolute atomic E-state index is 0.0955. The zero-order valence-corrected chi connectivity index (χ0v) is 23.2. The fourth-order valence-electron chi connectivity index (χ4n) is 4.03. The summed E-state index contributed by atoms with van der Waals surface area (Å²) in [5.74, 6) is 1.42. The Balaban J connectivity index is 1.33. The third-order valence-electron chi connectivity index (χ3n) is 6.14. The molecule has 198 valence electrons. The molecule has 0 unspecified atom stereocenters. The van der Waals surface area contributed by atoms with Crippen LogP contribution < -0.4 is 19.1 Å². The average molecular weight is 559 g/mol. The van der Waals surface area contributed by atoms with Gasteiger partial charge in [0, 0.05) is 17.4 Å². The van der Waals surface area contributed by atoms with E-state index in [-0.39, 0.29) is 16.6 Å². The Morgan fingerprint density at radius 1 is 0.872 bits per heavy atom. The fourth-order valence-corrected chi connectivity index (χ4v) is 6.40. The molecule has 0 radical (unpaired) electrons. The van der Waals surface area contributed by atoms with Crippen LogP contribution in [0.5, 0.6) is 17.2 Å². The van der Waals surface area contributed by atoms with Gasteiger partial charge in [-0.3, -0.25) is 9.10 Å². The van der Waals surface area contributed by atoms with Crippen LogP contribution in [0, 0.1) is 6.92 Å². The maximum Gasteiger partial charge on any atom is 0.267 e. The minimum atomic E-state index is -3.88. The average Bonchev–Trinajstić information content (AvgIpc) is 3.38. The van der Waals surface area contributed by atoms with Crippen LogP contribution in [0.25, 0.3) is 10.1 Å². The number of thiophene rings is 1. The first-order chi connectivity index (χ1) is 18.7. The van der Waals surface area contributed by atoms with Crippen molar-refractivity contribution in [3.8, 4) is 17.2 Å². The number of para-hydroxylation sites is 1. The van der Waals surface area contributed by atoms with Gasteiger partial charge < -0.3 is 14.8 Å². The molecule has 9 heteroatoms. The summed E-state index contributed by atoms with van der Waals surface area (Å²) in [7, 11) is -0.929. The van der Waals surface area contributed by atoms with Crippen LogP contribution in [0.4, 0.5) is 11.4 Å². The fraction of sp³-hybridized carbons (Fsp3) is 0.100. The Kier molecular flexibility index (Phi) is 7.28. The molecule has 1 heterocycles. The summed E-state index contributed by atoms with van der Waals surface area (Å²) in [6, 6.07) is 28.7. The number of anilines is 2. The van der Waals surface area contributed by atoms with E-state index in [4.69, 9.17) is 9.47 Å². The molecule has 0 saturated carbocycles. The Morgan fingerprint density at radius 3 is 2.31 bits per heavy atom. The van der Waals surface area contributed by atoms with Gasteiger partial charge in [0.15, 0.2) is 0 Å². The molecule has 1 N–H and O–H groups in total. The van der Waals surface area contributed by atoms with Gasteiger partial charge in [0.1, 0.15) is 22.1 Å². The third kappa shape index (κ3) is 5.59. The van der Waals surface area contributed by atoms with E-state index in [1.807, 2.05) is 43.3 Å². The number of rotatable bonds is 8. The molecule has 1 amide bonds. The van der Waals surface area contributed by atoms with Gasteiger partial charge in [0.25, 0.3) is 15.9 Å². The maximum atomic E-state index is 13.4. The summed E-state index contributed by atoms with van der Waals surface area (Å²) in [4.78, 5) is 13.6. The predicted octanol–water partition coefficient (Wildman–Crippen LogP) is 7.09. The quantitative estimate of drug-likeness (QED) is 0.220. The smallest absolute Gasteiger partial charge is 0.267 e. The van der Waals surface area contributed by atoms with E-state index in [2.05, 4.69) is 5.32 Å². The molecule has 0 spiro atoms. The van der Waals surface area contributed by atoms with Gasteiger partial charge in [-0.2, -0.15) is 0 Å². The van der Waals surface area contributed by atoms with Crippen LogP contribution in [0.2, 0.25) is 0 Å². The predicted molar refractivity (Wildman–Crippen MR) is 156 cm³/mol. The molecule has 0 aliphatic carbocycles. The normalized spacial score (nSPS) is 11.3. The van der Waals surface area contributed by atoms with Crippen LogP contribution in [0.1, 0.15) is 15.2 Å². The van der Waals surface area contributed by atoms with Crippen molar-refractivity contribution >= 4 is 48.7 Å². The summed E-state index contributed by atoms with van der Waals surface area (Å²) in [6.07, 6.45) is 0. The van der Waals surface area contributed by atoms with E-state index in [0.717, 1.165) is 21.4 Å². The summed E-state index contributed by atoms with van der Waals surface area (Å²) in [5.41, 5.74) is 1.92. The molecule has 5 aromatic rings. The molecule has 0 fully saturated rings. The van der Waals surface area contributed by atoms with Crippen molar-refractivity contribution in [2.24, 2.45) is 0 Å². The maximum absolute atomic E-state index is 13.4. The van der Waals surface area contributed by atoms with Gasteiger partial charge in [-0.05, 0) is 90.7 Å². The third-order valence-corrected chi connectivity index (χ3v) is 9.06. The lowest BCUT2D eigenvalue weighted by atomic mass is 10.2. The number of fused-ring (bicyclic) bond motifs is 1. The number of hydrogen-bond donors (Lipinski definition) is 1. The van der Waals surface area contributed by atoms with E-state index in [1.54, 1.807) is 60.7 Å². The second-order valence-corrected chi connectivity index (χ2v) is 11.9. The molecule has 39 heavy (non-hydrogen) atoms. The van der Waals surface area contributed by atoms with Gasteiger partial charge in [-0.1, -0.05) is 24.3 Å². The van der Waals surface area contributed by atoms with Crippen LogP contribution in [-0.4, -0.2) is 28.5 Å². The van der Waals surface area contributed by atoms with Crippen molar-refractivity contribution in [1.29, 1.82) is 0 Å². The number of nitrogens with one attached hydrogen (secondary N) is 1. The first kappa shape index (κ1) is 26.3. The highest BCUT2D eigenvalue weighted by Gasteiger charge is 2.26. The highest BCUT2D eigenvalue weighted by molar-refractivity contribution is 7.93. The van der Waals surface area contributed by atoms with Gasteiger partial charge in [0.05, 0.1) is 17.7 Å². The Hall–Kier alpha value is -4.34. The van der Waals surface area contributed by atoms with E-state index < -0.39 is 10.0 Å². The molecule has 5 rings (SSSR count). The molecule has 4 aromatic carbocycles. The first-order valence-corrected chi connectivity index (χ1v) is 14.3. The highest BCUT2D eigenvalue weighted by atomic mass is 32.2. The minimum Gasteiger partial charge on any atom is -0.495 e. The molecular formula is C30H26N2O5S2. The lowest BCUT2D eigenvalue weighted by molar-refractivity contribution is 0.103. The van der Waals surface area contributed by atoms with Crippen molar-refractivity contribution in [3.63, 3.8) is 0 Å². The van der Waals surface area contributed by atoms with E-state index in [0.29, 0.717) is 22.0 Å². The van der Waals surface area contributed by atoms with Crippen molar-refractivity contribution in [2.75, 3.05) is 23.8 Å². The molecule has 0 aliphatic heterocycles. The van der Waals surface area contributed by atoms with Crippen LogP contribution in [0.3, 0.4) is 0 Å². The Labute approximate surface area is 231 Å². The summed E-state index contributed by atoms with van der Waals surface area (Å²) < 4.78 is 40.0. The van der Waals surface area contributed by atoms with Crippen LogP contribution >= 0.6 is 11.3 Å². The van der Waals surface area contributed by atoms with Crippen molar-refractivity contribution in [3.05, 3.63) is 108 Å². The lowest BCUT2D eigenvalue weighted by Gasteiger charge is -2.21. The highest BCUT2D eigenvalue weighted by Crippen LogP contribution is 2.34. The molecule has 7 nitrogen and oxygen atoms in total. The molecule has 0 aliphatic rings. The summed E-state index contributed by atoms with van der Waals surface area (Å²) in [6.45, 7) is 1.83. The van der Waals surface area contributed by atoms with Crippen molar-refractivity contribution < 1.29 is 22.7 Å². The number of hydrogen-bond acceptors (Lipinski definition) is 6. The topological polar surface area (TPSA) is 84.9 Å². The number of carbonyl (C=O) groups is 1. The zero-order valence-electron chi connectivity index (χ0n) is 21.5. The standard InChI is InChI=1S/C30H26N2O5S2/c1-20-9-15-26(36-3)29(17-20)39(34,35)32(2)23-12-16-27-21(18-23)19-28(38-27)30(33)31-22-10-13-25(14-11-22)37-24-7-5-4-6-8-24/h4-19H,1-3H3,(H,31,33). The molecule has 0 atom stereocenters. The molecule has 0 bridgehead atoms. The van der Waals surface area contributed by atoms with Crippen LogP contribution in [-0.2, 0) is 10.0 Å². The second-order valence-electron chi connectivity index (χ2n) is 8.85. The van der Waals surface area contributed by atoms with Crippen molar-refractivity contribution in [2.45, 2.75) is 11.8 Å². The van der Waals surface area contributed by atoms with E-state index in [1.165, 1.54) is 29.8 Å². The molecule has 0 saturated heterocycles. The second kappa shape index (κ2) is 10.8. The van der Waals surface area contributed by atoms with E-state index >= 15 is 0 Å². The number of carbonyl (C=O) groups excluding carboxylic acids is 1. The largest absolute Gasteiger partial charge is 0.495 e. The Morgan fingerprint density at radius 2 is 1.59 bits per heavy atom. The SMILES string of the molecule is COc1ccc(C)cc1S(=O)(=O)N(C)c1ccc2sc(C(=O)Nc3ccc(Oc4ccccc4)cc3)cc2c1. The Bertz CT molecular complexity index is 1750. The number of nitrogens with zero attached hydrogens (tertiary/aromatic N) is 1. The van der Waals surface area contributed by atoms with Gasteiger partial charge in [-0.25, -0.2) is 8.42 Å². The summed E-state index contributed by atoms with van der Waals surface area (Å²) >= 11 is 1.34. The summed E-state index contributed by atoms with van der Waals surface area (Å²) in [5, 5.41) is 3.68. The number of amides is 1. The van der Waals surface area contributed by atoms with Gasteiger partial charge in [0.2, 0.25) is 0 Å². The number of sulfonamides is 1. The molecular weight excluding hydrogens is 532 g/mol. The van der Waals surface area contributed by atoms with E-state index in [9.17, 15) is 13.2 Å². The number of ether oxygens (including phenoxy) is 2. The lowest BCUT2D eigenvalue weighted by Crippen LogP contribution is -2.27. The van der Waals surface area contributed by atoms with Gasteiger partial charge >= 0.3 is 0 Å². The monoisotopic (exact) mass is 558 g/mol.